The minimum absolute atomic E-state index is 0.00260. The minimum atomic E-state index is -4.30. The predicted octanol–water partition coefficient (Wildman–Crippen LogP) is 3.75. The number of ether oxygens (including phenoxy) is 1. The number of nitrogens with zero attached hydrogens (tertiary/aromatic N) is 1. The maximum Gasteiger partial charge on any atom is 0.264 e. The lowest BCUT2D eigenvalue weighted by Crippen LogP contribution is -2.26. The lowest BCUT2D eigenvalue weighted by atomic mass is 10.1. The molecule has 0 fully saturated rings. The molecule has 1 aromatic heterocycles. The molecule has 0 saturated carbocycles. The Morgan fingerprint density at radius 2 is 2.00 bits per heavy atom. The highest BCUT2D eigenvalue weighted by Gasteiger charge is 2.21. The summed E-state index contributed by atoms with van der Waals surface area (Å²) in [6.45, 7) is 2.92. The molecule has 1 heterocycles. The van der Waals surface area contributed by atoms with E-state index in [2.05, 4.69) is 20.2 Å². The van der Waals surface area contributed by atoms with Gasteiger partial charge in [0, 0.05) is 30.2 Å². The third kappa shape index (κ3) is 5.88. The van der Waals surface area contributed by atoms with Gasteiger partial charge in [-0.15, -0.1) is 0 Å². The average Bonchev–Trinajstić information content (AvgIpc) is 3.21. The number of aliphatic hydroxyl groups excluding tert-OH is 1. The van der Waals surface area contributed by atoms with Crippen molar-refractivity contribution >= 4 is 43.9 Å². The van der Waals surface area contributed by atoms with Crippen molar-refractivity contribution in [2.75, 3.05) is 30.2 Å². The number of anilines is 2. The van der Waals surface area contributed by atoms with Gasteiger partial charge in [0.15, 0.2) is 0 Å². The summed E-state index contributed by atoms with van der Waals surface area (Å²) < 4.78 is 47.4. The number of aryl methyl sites for hydroxylation is 1. The molecule has 4 aromatic rings. The minimum Gasteiger partial charge on any atom is -0.492 e. The number of benzene rings is 3. The third-order valence-electron chi connectivity index (χ3n) is 5.47. The summed E-state index contributed by atoms with van der Waals surface area (Å²) >= 11 is 6.14. The number of aromatic amines is 1. The molecule has 190 valence electrons. The van der Waals surface area contributed by atoms with Gasteiger partial charge in [0.2, 0.25) is 0 Å². The second kappa shape index (κ2) is 10.7. The fourth-order valence-corrected chi connectivity index (χ4v) is 4.98. The monoisotopic (exact) mass is 533 g/mol. The Morgan fingerprint density at radius 3 is 2.81 bits per heavy atom. The van der Waals surface area contributed by atoms with Crippen molar-refractivity contribution in [3.8, 4) is 5.75 Å². The zero-order chi connectivity index (χ0) is 25.9. The quantitative estimate of drug-likeness (QED) is 0.154. The van der Waals surface area contributed by atoms with Gasteiger partial charge in [-0.3, -0.25) is 9.82 Å². The van der Waals surface area contributed by atoms with Gasteiger partial charge >= 0.3 is 0 Å². The van der Waals surface area contributed by atoms with Gasteiger partial charge in [0.25, 0.3) is 10.0 Å². The fraction of sp³-hybridized carbons (Fsp3) is 0.208. The number of halogens is 2. The molecule has 0 amide bonds. The number of nitrogen functional groups attached to an aromatic ring is 1. The number of rotatable bonds is 10. The van der Waals surface area contributed by atoms with E-state index < -0.39 is 26.8 Å². The molecule has 0 saturated heterocycles. The van der Waals surface area contributed by atoms with Gasteiger partial charge in [-0.05, 0) is 55.0 Å². The van der Waals surface area contributed by atoms with Crippen LogP contribution >= 0.6 is 11.6 Å². The van der Waals surface area contributed by atoms with E-state index in [0.717, 1.165) is 28.7 Å². The molecule has 0 bridgehead atoms. The fourth-order valence-electron chi connectivity index (χ4n) is 3.58. The number of nitrogens with one attached hydrogen (secondary N) is 3. The number of sulfonamides is 1. The van der Waals surface area contributed by atoms with Crippen molar-refractivity contribution < 1.29 is 22.7 Å². The van der Waals surface area contributed by atoms with Crippen LogP contribution in [0.5, 0.6) is 5.75 Å². The van der Waals surface area contributed by atoms with E-state index in [0.29, 0.717) is 24.5 Å². The summed E-state index contributed by atoms with van der Waals surface area (Å²) in [6, 6.07) is 13.3. The van der Waals surface area contributed by atoms with Crippen molar-refractivity contribution in [1.29, 1.82) is 0 Å². The number of hydrogen-bond donors (Lipinski definition) is 5. The highest BCUT2D eigenvalue weighted by atomic mass is 35.5. The smallest absolute Gasteiger partial charge is 0.264 e. The van der Waals surface area contributed by atoms with Gasteiger partial charge in [-0.25, -0.2) is 12.8 Å². The molecule has 6 N–H and O–H groups in total. The van der Waals surface area contributed by atoms with Crippen LogP contribution in [0.3, 0.4) is 0 Å². The molecular formula is C24H25ClFN5O4S. The van der Waals surface area contributed by atoms with E-state index in [4.69, 9.17) is 22.1 Å². The molecule has 4 rings (SSSR count). The summed E-state index contributed by atoms with van der Waals surface area (Å²) in [4.78, 5) is -0.604. The molecule has 3 aromatic carbocycles. The summed E-state index contributed by atoms with van der Waals surface area (Å²) in [5.74, 6) is -0.255. The SMILES string of the molecule is Cc1n[nH]c2cc(OCCNCC(O)c3ccc(Cl)c(NS(=O)(=O)c4cc(N)ccc4F)c3)ccc12. The second-order valence-electron chi connectivity index (χ2n) is 8.12. The van der Waals surface area contributed by atoms with Crippen molar-refractivity contribution in [3.05, 3.63) is 76.7 Å². The predicted molar refractivity (Wildman–Crippen MR) is 137 cm³/mol. The zero-order valence-corrected chi connectivity index (χ0v) is 20.8. The Balaban J connectivity index is 1.33. The number of aliphatic hydroxyl groups is 1. The standard InChI is InChI=1S/C24H25ClFN5O4S/c1-14-18-5-4-17(12-21(18)30-29-14)35-9-8-28-13-23(32)15-2-6-19(25)22(10-15)31-36(33,34)24-11-16(27)3-7-20(24)26/h2-7,10-12,23,28,31-32H,8-9,13,27H2,1H3,(H,29,30). The van der Waals surface area contributed by atoms with Crippen molar-refractivity contribution in [2.45, 2.75) is 17.9 Å². The Kier molecular flexibility index (Phi) is 7.65. The molecule has 1 unspecified atom stereocenters. The maximum absolute atomic E-state index is 14.1. The molecule has 0 radical (unpaired) electrons. The Morgan fingerprint density at radius 1 is 1.19 bits per heavy atom. The van der Waals surface area contributed by atoms with Crippen LogP contribution in [0.1, 0.15) is 17.4 Å². The van der Waals surface area contributed by atoms with Crippen LogP contribution in [0.15, 0.2) is 59.5 Å². The number of H-pyrrole nitrogens is 1. The van der Waals surface area contributed by atoms with Crippen molar-refractivity contribution in [2.24, 2.45) is 0 Å². The largest absolute Gasteiger partial charge is 0.492 e. The lowest BCUT2D eigenvalue weighted by molar-refractivity contribution is 0.172. The van der Waals surface area contributed by atoms with E-state index in [9.17, 15) is 17.9 Å². The Hall–Kier alpha value is -3.38. The first-order valence-corrected chi connectivity index (χ1v) is 12.8. The summed E-state index contributed by atoms with van der Waals surface area (Å²) in [7, 11) is -4.30. The molecule has 0 aliphatic rings. The molecule has 0 spiro atoms. The maximum atomic E-state index is 14.1. The average molecular weight is 534 g/mol. The van der Waals surface area contributed by atoms with Crippen molar-refractivity contribution in [3.63, 3.8) is 0 Å². The molecule has 0 aliphatic carbocycles. The van der Waals surface area contributed by atoms with Crippen LogP contribution in [-0.4, -0.2) is 43.4 Å². The number of fused-ring (bicyclic) bond motifs is 1. The number of hydrogen-bond acceptors (Lipinski definition) is 7. The summed E-state index contributed by atoms with van der Waals surface area (Å²) in [6.07, 6.45) is -0.959. The normalized spacial score (nSPS) is 12.6. The molecule has 9 nitrogen and oxygen atoms in total. The lowest BCUT2D eigenvalue weighted by Gasteiger charge is -2.16. The van der Waals surface area contributed by atoms with Gasteiger partial charge in [0.05, 0.1) is 28.0 Å². The first-order chi connectivity index (χ1) is 17.1. The Bertz CT molecular complexity index is 1500. The molecule has 36 heavy (non-hydrogen) atoms. The van der Waals surface area contributed by atoms with Crippen LogP contribution < -0.4 is 20.5 Å². The van der Waals surface area contributed by atoms with Crippen LogP contribution in [0.25, 0.3) is 10.9 Å². The summed E-state index contributed by atoms with van der Waals surface area (Å²) in [5.41, 5.74) is 7.92. The number of aromatic nitrogens is 2. The topological polar surface area (TPSA) is 142 Å². The second-order valence-corrected chi connectivity index (χ2v) is 10.2. The van der Waals surface area contributed by atoms with Crippen LogP contribution in [0.2, 0.25) is 5.02 Å². The third-order valence-corrected chi connectivity index (χ3v) is 7.18. The first kappa shape index (κ1) is 25.7. The van der Waals surface area contributed by atoms with E-state index in [-0.39, 0.29) is 22.9 Å². The molecular weight excluding hydrogens is 509 g/mol. The van der Waals surface area contributed by atoms with E-state index in [1.54, 1.807) is 6.07 Å². The van der Waals surface area contributed by atoms with E-state index >= 15 is 0 Å². The van der Waals surface area contributed by atoms with Gasteiger partial charge in [-0.2, -0.15) is 5.10 Å². The van der Waals surface area contributed by atoms with Crippen molar-refractivity contribution in [1.82, 2.24) is 15.5 Å². The number of nitrogens with two attached hydrogens (primary N) is 1. The van der Waals surface area contributed by atoms with E-state index in [1.165, 1.54) is 18.2 Å². The molecule has 1 atom stereocenters. The van der Waals surface area contributed by atoms with Gasteiger partial charge in [0.1, 0.15) is 23.1 Å². The highest BCUT2D eigenvalue weighted by molar-refractivity contribution is 7.92. The van der Waals surface area contributed by atoms with Gasteiger partial charge in [-0.1, -0.05) is 17.7 Å². The van der Waals surface area contributed by atoms with E-state index in [1.807, 2.05) is 25.1 Å². The first-order valence-electron chi connectivity index (χ1n) is 11.0. The van der Waals surface area contributed by atoms with Crippen LogP contribution in [0, 0.1) is 12.7 Å². The highest BCUT2D eigenvalue weighted by Crippen LogP contribution is 2.29. The van der Waals surface area contributed by atoms with Gasteiger partial charge < -0.3 is 20.9 Å². The molecule has 12 heteroatoms. The summed E-state index contributed by atoms with van der Waals surface area (Å²) in [5, 5.41) is 21.9. The Labute approximate surface area is 212 Å². The zero-order valence-electron chi connectivity index (χ0n) is 19.3. The molecule has 0 aliphatic heterocycles. The van der Waals surface area contributed by atoms with Crippen LogP contribution in [-0.2, 0) is 10.0 Å². The van der Waals surface area contributed by atoms with Crippen LogP contribution in [0.4, 0.5) is 15.8 Å².